The molecule has 0 fully saturated rings. The summed E-state index contributed by atoms with van der Waals surface area (Å²) in [7, 11) is 0. The van der Waals surface area contributed by atoms with E-state index in [4.69, 9.17) is 17.4 Å². The second kappa shape index (κ2) is 3.85. The summed E-state index contributed by atoms with van der Waals surface area (Å²) in [6, 6.07) is 5.62. The van der Waals surface area contributed by atoms with Crippen molar-refractivity contribution < 1.29 is 0 Å². The van der Waals surface area contributed by atoms with E-state index in [2.05, 4.69) is 5.43 Å². The van der Waals surface area contributed by atoms with Crippen LogP contribution in [0.3, 0.4) is 0 Å². The molecule has 0 heterocycles. The van der Waals surface area contributed by atoms with Gasteiger partial charge in [-0.2, -0.15) is 0 Å². The van der Waals surface area contributed by atoms with Gasteiger partial charge in [-0.3, -0.25) is 5.84 Å². The molecule has 1 rings (SSSR count). The van der Waals surface area contributed by atoms with E-state index < -0.39 is 0 Å². The van der Waals surface area contributed by atoms with Gasteiger partial charge in [-0.05, 0) is 24.5 Å². The number of nitrogens with one attached hydrogen (secondary N) is 1. The fourth-order valence-electron chi connectivity index (χ4n) is 0.764. The van der Waals surface area contributed by atoms with Crippen LogP contribution in [0, 0.1) is 0 Å². The van der Waals surface area contributed by atoms with Gasteiger partial charge in [-0.1, -0.05) is 11.6 Å². The fraction of sp³-hybridized carbons (Fsp3) is 0.143. The minimum Gasteiger partial charge on any atom is -0.324 e. The predicted octanol–water partition coefficient (Wildman–Crippen LogP) is 2.35. The van der Waals surface area contributed by atoms with Crippen LogP contribution in [0.25, 0.3) is 0 Å². The molecule has 0 aliphatic carbocycles. The summed E-state index contributed by atoms with van der Waals surface area (Å²) >= 11 is 7.43. The molecule has 3 N–H and O–H groups in total. The summed E-state index contributed by atoms with van der Waals surface area (Å²) in [5, 5.41) is 0.699. The minimum absolute atomic E-state index is 0.699. The summed E-state index contributed by atoms with van der Waals surface area (Å²) in [6.07, 6.45) is 1.99. The van der Waals surface area contributed by atoms with Crippen molar-refractivity contribution in [1.82, 2.24) is 0 Å². The molecule has 0 aromatic heterocycles. The summed E-state index contributed by atoms with van der Waals surface area (Å²) in [5.74, 6) is 5.22. The van der Waals surface area contributed by atoms with E-state index in [1.54, 1.807) is 17.8 Å². The molecule has 4 heteroatoms. The Bertz CT molecular complexity index is 230. The van der Waals surface area contributed by atoms with E-state index in [-0.39, 0.29) is 0 Å². The normalized spacial score (nSPS) is 9.73. The molecule has 0 aliphatic rings. The van der Waals surface area contributed by atoms with Crippen molar-refractivity contribution in [3.05, 3.63) is 23.2 Å². The SMILES string of the molecule is CSc1cc(Cl)cc(NN)c1. The fourth-order valence-corrected chi connectivity index (χ4v) is 1.55. The molecule has 0 saturated heterocycles. The van der Waals surface area contributed by atoms with Crippen LogP contribution in [0.2, 0.25) is 5.02 Å². The molecule has 1 aromatic carbocycles. The summed E-state index contributed by atoms with van der Waals surface area (Å²) in [6.45, 7) is 0. The lowest BCUT2D eigenvalue weighted by Gasteiger charge is -2.02. The number of benzene rings is 1. The molecule has 2 nitrogen and oxygen atoms in total. The third-order valence-electron chi connectivity index (χ3n) is 1.27. The highest BCUT2D eigenvalue weighted by Gasteiger charge is 1.96. The molecule has 0 saturated carbocycles. The monoisotopic (exact) mass is 188 g/mol. The quantitative estimate of drug-likeness (QED) is 0.425. The van der Waals surface area contributed by atoms with Crippen LogP contribution >= 0.6 is 23.4 Å². The van der Waals surface area contributed by atoms with E-state index in [1.807, 2.05) is 18.4 Å². The zero-order valence-electron chi connectivity index (χ0n) is 6.10. The highest BCUT2D eigenvalue weighted by molar-refractivity contribution is 7.98. The topological polar surface area (TPSA) is 38.0 Å². The highest BCUT2D eigenvalue weighted by Crippen LogP contribution is 2.24. The Labute approximate surface area is 75.1 Å². The average Bonchev–Trinajstić information content (AvgIpc) is 2.03. The van der Waals surface area contributed by atoms with Gasteiger partial charge in [0.1, 0.15) is 0 Å². The maximum absolute atomic E-state index is 5.80. The van der Waals surface area contributed by atoms with E-state index in [0.29, 0.717) is 5.02 Å². The van der Waals surface area contributed by atoms with Crippen molar-refractivity contribution in [3.8, 4) is 0 Å². The molecule has 11 heavy (non-hydrogen) atoms. The number of rotatable bonds is 2. The van der Waals surface area contributed by atoms with Gasteiger partial charge in [-0.15, -0.1) is 11.8 Å². The lowest BCUT2D eigenvalue weighted by Crippen LogP contribution is -2.06. The third-order valence-corrected chi connectivity index (χ3v) is 2.20. The molecule has 60 valence electrons. The van der Waals surface area contributed by atoms with Crippen LogP contribution in [-0.4, -0.2) is 6.26 Å². The highest BCUT2D eigenvalue weighted by atomic mass is 35.5. The molecule has 0 amide bonds. The largest absolute Gasteiger partial charge is 0.324 e. The Hall–Kier alpha value is -0.380. The summed E-state index contributed by atoms with van der Waals surface area (Å²) < 4.78 is 0. The van der Waals surface area contributed by atoms with Crippen molar-refractivity contribution in [3.63, 3.8) is 0 Å². The van der Waals surface area contributed by atoms with Crippen LogP contribution in [0.15, 0.2) is 23.1 Å². The van der Waals surface area contributed by atoms with Gasteiger partial charge in [0.15, 0.2) is 0 Å². The van der Waals surface area contributed by atoms with E-state index in [0.717, 1.165) is 10.6 Å². The molecule has 0 bridgehead atoms. The smallest absolute Gasteiger partial charge is 0.0511 e. The van der Waals surface area contributed by atoms with Crippen LogP contribution in [0.5, 0.6) is 0 Å². The van der Waals surface area contributed by atoms with E-state index >= 15 is 0 Å². The van der Waals surface area contributed by atoms with E-state index in [9.17, 15) is 0 Å². The second-order valence-electron chi connectivity index (χ2n) is 2.02. The van der Waals surface area contributed by atoms with Gasteiger partial charge in [-0.25, -0.2) is 0 Å². The van der Waals surface area contributed by atoms with Crippen LogP contribution < -0.4 is 11.3 Å². The lowest BCUT2D eigenvalue weighted by molar-refractivity contribution is 1.32. The van der Waals surface area contributed by atoms with Crippen molar-refractivity contribution in [1.29, 1.82) is 0 Å². The second-order valence-corrected chi connectivity index (χ2v) is 3.34. The van der Waals surface area contributed by atoms with Gasteiger partial charge in [0.2, 0.25) is 0 Å². The van der Waals surface area contributed by atoms with Gasteiger partial charge in [0, 0.05) is 9.92 Å². The Morgan fingerprint density at radius 2 is 2.18 bits per heavy atom. The first-order chi connectivity index (χ1) is 5.26. The summed E-state index contributed by atoms with van der Waals surface area (Å²) in [5.41, 5.74) is 3.38. The Balaban J connectivity index is 3.02. The number of anilines is 1. The Morgan fingerprint density at radius 1 is 1.45 bits per heavy atom. The van der Waals surface area contributed by atoms with Gasteiger partial charge >= 0.3 is 0 Å². The number of nitrogen functional groups attached to an aromatic ring is 1. The van der Waals surface area contributed by atoms with Crippen molar-refractivity contribution in [2.24, 2.45) is 5.84 Å². The molecule has 0 radical (unpaired) electrons. The lowest BCUT2D eigenvalue weighted by atomic mass is 10.3. The first-order valence-corrected chi connectivity index (χ1v) is 4.67. The molecule has 0 unspecified atom stereocenters. The van der Waals surface area contributed by atoms with Crippen molar-refractivity contribution in [2.75, 3.05) is 11.7 Å². The molecule has 1 aromatic rings. The number of hydrazine groups is 1. The Kier molecular flexibility index (Phi) is 3.05. The molecular formula is C7H9ClN2S. The number of hydrogen-bond acceptors (Lipinski definition) is 3. The zero-order valence-corrected chi connectivity index (χ0v) is 7.67. The predicted molar refractivity (Wildman–Crippen MR) is 51.0 cm³/mol. The minimum atomic E-state index is 0.699. The van der Waals surface area contributed by atoms with Crippen LogP contribution in [-0.2, 0) is 0 Å². The standard InChI is InChI=1S/C7H9ClN2S/c1-11-7-3-5(8)2-6(4-7)10-9/h2-4,10H,9H2,1H3. The molecular weight excluding hydrogens is 180 g/mol. The van der Waals surface area contributed by atoms with Crippen molar-refractivity contribution >= 4 is 29.1 Å². The summed E-state index contributed by atoms with van der Waals surface area (Å²) in [4.78, 5) is 1.10. The molecule has 0 atom stereocenters. The zero-order chi connectivity index (χ0) is 8.27. The maximum atomic E-state index is 5.80. The van der Waals surface area contributed by atoms with Crippen molar-refractivity contribution in [2.45, 2.75) is 4.90 Å². The van der Waals surface area contributed by atoms with E-state index in [1.165, 1.54) is 0 Å². The molecule has 0 spiro atoms. The van der Waals surface area contributed by atoms with Crippen LogP contribution in [0.1, 0.15) is 0 Å². The number of thioether (sulfide) groups is 1. The first-order valence-electron chi connectivity index (χ1n) is 3.07. The number of nitrogens with two attached hydrogens (primary N) is 1. The van der Waals surface area contributed by atoms with Crippen LogP contribution in [0.4, 0.5) is 5.69 Å². The number of hydrogen-bond donors (Lipinski definition) is 2. The van der Waals surface area contributed by atoms with Gasteiger partial charge in [0.05, 0.1) is 5.69 Å². The maximum Gasteiger partial charge on any atom is 0.0511 e. The first kappa shape index (κ1) is 8.71. The van der Waals surface area contributed by atoms with Gasteiger partial charge in [0.25, 0.3) is 0 Å². The number of halogens is 1. The Morgan fingerprint density at radius 3 is 2.73 bits per heavy atom. The molecule has 0 aliphatic heterocycles. The third kappa shape index (κ3) is 2.29. The van der Waals surface area contributed by atoms with Gasteiger partial charge < -0.3 is 5.43 Å². The average molecular weight is 189 g/mol.